The van der Waals surface area contributed by atoms with Gasteiger partial charge in [0.25, 0.3) is 5.91 Å². The van der Waals surface area contributed by atoms with Crippen molar-refractivity contribution in [3.8, 4) is 0 Å². The third-order valence-electron chi connectivity index (χ3n) is 5.35. The molecule has 0 aliphatic heterocycles. The maximum Gasteiger partial charge on any atom is 0.260 e. The van der Waals surface area contributed by atoms with Gasteiger partial charge in [-0.3, -0.25) is 9.69 Å². The van der Waals surface area contributed by atoms with Crippen LogP contribution in [0.1, 0.15) is 50.5 Å². The minimum Gasteiger partial charge on any atom is -0.302 e. The molecule has 0 radical (unpaired) electrons. The van der Waals surface area contributed by atoms with E-state index in [0.717, 1.165) is 39.5 Å². The Hall–Kier alpha value is -1.76. The van der Waals surface area contributed by atoms with E-state index >= 15 is 0 Å². The van der Waals surface area contributed by atoms with Crippen LogP contribution >= 0.6 is 27.3 Å². The largest absolute Gasteiger partial charge is 0.302 e. The number of hydrogen-bond acceptors (Lipinski definition) is 4. The summed E-state index contributed by atoms with van der Waals surface area (Å²) >= 11 is 5.09. The highest BCUT2D eigenvalue weighted by atomic mass is 79.9. The zero-order chi connectivity index (χ0) is 21.9. The van der Waals surface area contributed by atoms with E-state index in [0.29, 0.717) is 12.1 Å². The van der Waals surface area contributed by atoms with Gasteiger partial charge in [-0.25, -0.2) is 4.98 Å². The molecule has 3 rings (SSSR count). The monoisotopic (exact) mass is 487 g/mol. The summed E-state index contributed by atoms with van der Waals surface area (Å²) in [6.07, 6.45) is 0. The molecule has 0 N–H and O–H groups in total. The van der Waals surface area contributed by atoms with Gasteiger partial charge in [0.05, 0.1) is 10.2 Å². The zero-order valence-corrected chi connectivity index (χ0v) is 20.8. The number of fused-ring (bicyclic) bond motifs is 1. The first-order chi connectivity index (χ1) is 14.2. The van der Waals surface area contributed by atoms with Crippen molar-refractivity contribution in [2.45, 2.75) is 40.0 Å². The number of carbonyl (C=O) groups is 1. The molecule has 1 amide bonds. The molecule has 0 atom stereocenters. The smallest absolute Gasteiger partial charge is 0.260 e. The molecule has 0 saturated heterocycles. The first kappa shape index (κ1) is 22.9. The van der Waals surface area contributed by atoms with E-state index in [2.05, 4.69) is 73.6 Å². The number of anilines is 1. The van der Waals surface area contributed by atoms with Gasteiger partial charge in [-0.15, -0.1) is 0 Å². The highest BCUT2D eigenvalue weighted by molar-refractivity contribution is 9.10. The predicted octanol–water partition coefficient (Wildman–Crippen LogP) is 6.34. The Morgan fingerprint density at radius 1 is 1.03 bits per heavy atom. The Morgan fingerprint density at radius 3 is 2.30 bits per heavy atom. The lowest BCUT2D eigenvalue weighted by molar-refractivity contribution is 0.0983. The van der Waals surface area contributed by atoms with Crippen LogP contribution in [0.15, 0.2) is 46.9 Å². The second kappa shape index (κ2) is 9.58. The van der Waals surface area contributed by atoms with Crippen LogP contribution in [0.5, 0.6) is 0 Å². The van der Waals surface area contributed by atoms with Crippen LogP contribution in [0.3, 0.4) is 0 Å². The van der Waals surface area contributed by atoms with Crippen LogP contribution in [0.4, 0.5) is 5.13 Å². The zero-order valence-electron chi connectivity index (χ0n) is 18.4. The Kier molecular flexibility index (Phi) is 7.32. The van der Waals surface area contributed by atoms with E-state index in [1.54, 1.807) is 11.3 Å². The van der Waals surface area contributed by atoms with Gasteiger partial charge in [0.2, 0.25) is 0 Å². The molecule has 0 spiro atoms. The van der Waals surface area contributed by atoms with Crippen LogP contribution in [-0.4, -0.2) is 42.0 Å². The molecule has 0 aliphatic carbocycles. The minimum absolute atomic E-state index is 0.000683. The Labute approximate surface area is 192 Å². The number of likely N-dealkylation sites (N-methyl/N-ethyl adjacent to an activating group) is 1. The Bertz CT molecular complexity index is 1000. The van der Waals surface area contributed by atoms with Crippen LogP contribution in [0.2, 0.25) is 0 Å². The summed E-state index contributed by atoms with van der Waals surface area (Å²) in [6, 6.07) is 14.0. The Morgan fingerprint density at radius 2 is 1.70 bits per heavy atom. The molecule has 4 nitrogen and oxygen atoms in total. The van der Waals surface area contributed by atoms with Crippen molar-refractivity contribution in [1.82, 2.24) is 9.88 Å². The second-order valence-corrected chi connectivity index (χ2v) is 10.3. The summed E-state index contributed by atoms with van der Waals surface area (Å²) in [4.78, 5) is 22.4. The predicted molar refractivity (Wildman–Crippen MR) is 132 cm³/mol. The quantitative estimate of drug-likeness (QED) is 0.389. The van der Waals surface area contributed by atoms with Crippen LogP contribution < -0.4 is 4.90 Å². The van der Waals surface area contributed by atoms with Crippen LogP contribution in [0, 0.1) is 0 Å². The van der Waals surface area contributed by atoms with Gasteiger partial charge >= 0.3 is 0 Å². The maximum atomic E-state index is 13.5. The molecule has 6 heteroatoms. The summed E-state index contributed by atoms with van der Waals surface area (Å²) in [7, 11) is 0. The maximum absolute atomic E-state index is 13.5. The summed E-state index contributed by atoms with van der Waals surface area (Å²) in [5.74, 6) is 0.000683. The first-order valence-electron chi connectivity index (χ1n) is 10.4. The number of carbonyl (C=O) groups excluding carboxylic acids is 1. The van der Waals surface area contributed by atoms with Crippen molar-refractivity contribution in [2.24, 2.45) is 0 Å². The lowest BCUT2D eigenvalue weighted by atomic mass is 9.86. The Balaban J connectivity index is 1.94. The van der Waals surface area contributed by atoms with Crippen molar-refractivity contribution in [1.29, 1.82) is 0 Å². The van der Waals surface area contributed by atoms with Gasteiger partial charge in [0.15, 0.2) is 5.13 Å². The van der Waals surface area contributed by atoms with Crippen molar-refractivity contribution < 1.29 is 4.79 Å². The molecule has 160 valence electrons. The van der Waals surface area contributed by atoms with E-state index < -0.39 is 0 Å². The minimum atomic E-state index is 0.000683. The van der Waals surface area contributed by atoms with Gasteiger partial charge in [0, 0.05) is 23.1 Å². The molecule has 2 aromatic carbocycles. The molecule has 1 heterocycles. The normalized spacial score (nSPS) is 12.0. The van der Waals surface area contributed by atoms with Crippen molar-refractivity contribution in [3.63, 3.8) is 0 Å². The summed E-state index contributed by atoms with van der Waals surface area (Å²) < 4.78 is 2.09. The molecule has 0 saturated carbocycles. The number of amides is 1. The highest BCUT2D eigenvalue weighted by Gasteiger charge is 2.23. The fourth-order valence-electron chi connectivity index (χ4n) is 3.34. The van der Waals surface area contributed by atoms with Crippen molar-refractivity contribution >= 4 is 48.5 Å². The molecular weight excluding hydrogens is 458 g/mol. The topological polar surface area (TPSA) is 36.4 Å². The molecule has 0 unspecified atom stereocenters. The third-order valence-corrected chi connectivity index (χ3v) is 6.88. The molecule has 0 fully saturated rings. The fourth-order valence-corrected chi connectivity index (χ4v) is 4.88. The van der Waals surface area contributed by atoms with Crippen molar-refractivity contribution in [3.05, 3.63) is 58.1 Å². The van der Waals surface area contributed by atoms with E-state index in [1.165, 1.54) is 5.56 Å². The number of hydrogen-bond donors (Lipinski definition) is 0. The summed E-state index contributed by atoms with van der Waals surface area (Å²) in [6.45, 7) is 14.2. The summed E-state index contributed by atoms with van der Waals surface area (Å²) in [5, 5.41) is 0.750. The second-order valence-electron chi connectivity index (χ2n) is 8.42. The number of thiazole rings is 1. The van der Waals surface area contributed by atoms with E-state index in [-0.39, 0.29) is 11.3 Å². The fraction of sp³-hybridized carbons (Fsp3) is 0.417. The average molecular weight is 488 g/mol. The van der Waals surface area contributed by atoms with Gasteiger partial charge < -0.3 is 4.90 Å². The van der Waals surface area contributed by atoms with Gasteiger partial charge in [-0.1, -0.05) is 74.0 Å². The molecule has 1 aromatic heterocycles. The van der Waals surface area contributed by atoms with Crippen LogP contribution in [-0.2, 0) is 5.41 Å². The summed E-state index contributed by atoms with van der Waals surface area (Å²) in [5.41, 5.74) is 2.90. The van der Waals surface area contributed by atoms with E-state index in [1.807, 2.05) is 29.2 Å². The third kappa shape index (κ3) is 5.29. The number of nitrogens with zero attached hydrogens (tertiary/aromatic N) is 3. The molecule has 0 bridgehead atoms. The highest BCUT2D eigenvalue weighted by Crippen LogP contribution is 2.32. The van der Waals surface area contributed by atoms with E-state index in [4.69, 9.17) is 4.98 Å². The molecule has 0 aliphatic rings. The number of aromatic nitrogens is 1. The number of rotatable bonds is 7. The average Bonchev–Trinajstić information content (AvgIpc) is 3.13. The van der Waals surface area contributed by atoms with E-state index in [9.17, 15) is 4.79 Å². The lowest BCUT2D eigenvalue weighted by Gasteiger charge is -2.25. The standard InChI is InChI=1S/C24H30BrN3OS/c1-6-27(7-2)14-15-28(23-26-20-13-12-19(25)16-21(20)30-23)22(29)17-8-10-18(11-9-17)24(3,4)5/h8-13,16H,6-7,14-15H2,1-5H3. The van der Waals surface area contributed by atoms with Crippen LogP contribution in [0.25, 0.3) is 10.2 Å². The molecule has 30 heavy (non-hydrogen) atoms. The number of halogens is 1. The van der Waals surface area contributed by atoms with Gasteiger partial charge in [0.1, 0.15) is 0 Å². The lowest BCUT2D eigenvalue weighted by Crippen LogP contribution is -2.38. The number of benzene rings is 2. The first-order valence-corrected chi connectivity index (χ1v) is 12.0. The van der Waals surface area contributed by atoms with Gasteiger partial charge in [-0.2, -0.15) is 0 Å². The molecule has 3 aromatic rings. The SMILES string of the molecule is CCN(CC)CCN(C(=O)c1ccc(C(C)(C)C)cc1)c1nc2ccc(Br)cc2s1. The van der Waals surface area contributed by atoms with Gasteiger partial charge in [-0.05, 0) is 54.4 Å². The molecular formula is C24H30BrN3OS. The van der Waals surface area contributed by atoms with Crippen molar-refractivity contribution in [2.75, 3.05) is 31.1 Å².